The van der Waals surface area contributed by atoms with Crippen molar-refractivity contribution in [2.24, 2.45) is 5.41 Å². The summed E-state index contributed by atoms with van der Waals surface area (Å²) in [7, 11) is 0. The van der Waals surface area contributed by atoms with Gasteiger partial charge < -0.3 is 5.32 Å². The van der Waals surface area contributed by atoms with Gasteiger partial charge in [-0.2, -0.15) is 0 Å². The molecule has 0 heterocycles. The van der Waals surface area contributed by atoms with E-state index >= 15 is 0 Å². The minimum absolute atomic E-state index is 0.0511. The molecule has 0 aliphatic rings. The number of hydrogen-bond donors (Lipinski definition) is 1. The molecular weight excluding hydrogens is 213 g/mol. The summed E-state index contributed by atoms with van der Waals surface area (Å²) in [5, 5.41) is 3.48. The van der Waals surface area contributed by atoms with Crippen molar-refractivity contribution in [1.29, 1.82) is 0 Å². The van der Waals surface area contributed by atoms with Gasteiger partial charge in [0.15, 0.2) is 0 Å². The van der Waals surface area contributed by atoms with Crippen molar-refractivity contribution in [3.05, 3.63) is 35.6 Å². The number of hydrogen-bond acceptors (Lipinski definition) is 1. The first-order valence-electron chi connectivity index (χ1n) is 6.18. The SMILES string of the molecule is CC(C)(CNC(C)(C)C)Cc1ccccc1F. The van der Waals surface area contributed by atoms with Gasteiger partial charge in [0.2, 0.25) is 0 Å². The molecule has 0 saturated carbocycles. The lowest BCUT2D eigenvalue weighted by molar-refractivity contribution is 0.286. The number of nitrogens with one attached hydrogen (secondary N) is 1. The van der Waals surface area contributed by atoms with E-state index in [9.17, 15) is 4.39 Å². The van der Waals surface area contributed by atoms with Gasteiger partial charge in [-0.25, -0.2) is 4.39 Å². The van der Waals surface area contributed by atoms with E-state index in [1.165, 1.54) is 6.07 Å². The highest BCUT2D eigenvalue weighted by atomic mass is 19.1. The summed E-state index contributed by atoms with van der Waals surface area (Å²) < 4.78 is 13.6. The van der Waals surface area contributed by atoms with Gasteiger partial charge in [-0.1, -0.05) is 32.0 Å². The first-order chi connectivity index (χ1) is 7.70. The fourth-order valence-electron chi connectivity index (χ4n) is 1.72. The first-order valence-corrected chi connectivity index (χ1v) is 6.18. The summed E-state index contributed by atoms with van der Waals surface area (Å²) in [5.74, 6) is -0.101. The minimum atomic E-state index is -0.101. The molecule has 0 bridgehead atoms. The lowest BCUT2D eigenvalue weighted by atomic mass is 9.85. The van der Waals surface area contributed by atoms with Gasteiger partial charge in [0, 0.05) is 12.1 Å². The fourth-order valence-corrected chi connectivity index (χ4v) is 1.72. The fraction of sp³-hybridized carbons (Fsp3) is 0.600. The van der Waals surface area contributed by atoms with E-state index in [4.69, 9.17) is 0 Å². The second-order valence-corrected chi connectivity index (χ2v) is 6.54. The maximum atomic E-state index is 13.6. The number of halogens is 1. The third kappa shape index (κ3) is 5.31. The average Bonchev–Trinajstić information content (AvgIpc) is 2.18. The van der Waals surface area contributed by atoms with Crippen LogP contribution in [0.5, 0.6) is 0 Å². The van der Waals surface area contributed by atoms with Crippen molar-refractivity contribution in [3.8, 4) is 0 Å². The summed E-state index contributed by atoms with van der Waals surface area (Å²) in [4.78, 5) is 0. The van der Waals surface area contributed by atoms with Crippen molar-refractivity contribution in [3.63, 3.8) is 0 Å². The Balaban J connectivity index is 2.64. The molecule has 0 aliphatic heterocycles. The second-order valence-electron chi connectivity index (χ2n) is 6.54. The summed E-state index contributed by atoms with van der Waals surface area (Å²) in [6, 6.07) is 7.03. The smallest absolute Gasteiger partial charge is 0.126 e. The lowest BCUT2D eigenvalue weighted by Crippen LogP contribution is -2.42. The Hall–Kier alpha value is -0.890. The zero-order valence-corrected chi connectivity index (χ0v) is 11.6. The molecule has 0 aromatic heterocycles. The van der Waals surface area contributed by atoms with E-state index in [0.29, 0.717) is 0 Å². The molecule has 0 unspecified atom stereocenters. The van der Waals surface area contributed by atoms with Crippen molar-refractivity contribution < 1.29 is 4.39 Å². The molecule has 0 atom stereocenters. The predicted octanol–water partition coefficient (Wildman–Crippen LogP) is 3.78. The van der Waals surface area contributed by atoms with Gasteiger partial charge in [-0.3, -0.25) is 0 Å². The largest absolute Gasteiger partial charge is 0.312 e. The summed E-state index contributed by atoms with van der Waals surface area (Å²) in [5.41, 5.74) is 0.954. The topological polar surface area (TPSA) is 12.0 Å². The van der Waals surface area contributed by atoms with Gasteiger partial charge in [-0.05, 0) is 44.2 Å². The van der Waals surface area contributed by atoms with Crippen LogP contribution in [0.2, 0.25) is 0 Å². The van der Waals surface area contributed by atoms with Gasteiger partial charge in [0.25, 0.3) is 0 Å². The molecule has 0 fully saturated rings. The molecule has 0 aliphatic carbocycles. The van der Waals surface area contributed by atoms with E-state index in [1.54, 1.807) is 6.07 Å². The molecule has 0 spiro atoms. The lowest BCUT2D eigenvalue weighted by Gasteiger charge is -2.30. The summed E-state index contributed by atoms with van der Waals surface area (Å²) in [6.45, 7) is 11.6. The highest BCUT2D eigenvalue weighted by Crippen LogP contribution is 2.23. The third-order valence-electron chi connectivity index (χ3n) is 2.72. The molecule has 96 valence electrons. The minimum Gasteiger partial charge on any atom is -0.312 e. The Morgan fingerprint density at radius 2 is 1.65 bits per heavy atom. The summed E-state index contributed by atoms with van der Waals surface area (Å²) >= 11 is 0. The third-order valence-corrected chi connectivity index (χ3v) is 2.72. The summed E-state index contributed by atoms with van der Waals surface area (Å²) in [6.07, 6.45) is 0.753. The van der Waals surface area contributed by atoms with Crippen molar-refractivity contribution >= 4 is 0 Å². The van der Waals surface area contributed by atoms with E-state index in [1.807, 2.05) is 12.1 Å². The molecule has 1 aromatic rings. The zero-order chi connectivity index (χ0) is 13.1. The highest BCUT2D eigenvalue weighted by Gasteiger charge is 2.22. The van der Waals surface area contributed by atoms with Crippen LogP contribution in [0.4, 0.5) is 4.39 Å². The Kier molecular flexibility index (Phi) is 4.31. The van der Waals surface area contributed by atoms with E-state index in [-0.39, 0.29) is 16.8 Å². The van der Waals surface area contributed by atoms with Crippen LogP contribution in [-0.4, -0.2) is 12.1 Å². The van der Waals surface area contributed by atoms with Crippen LogP contribution in [0.15, 0.2) is 24.3 Å². The maximum Gasteiger partial charge on any atom is 0.126 e. The van der Waals surface area contributed by atoms with Crippen LogP contribution in [-0.2, 0) is 6.42 Å². The van der Waals surface area contributed by atoms with E-state index < -0.39 is 0 Å². The van der Waals surface area contributed by atoms with Gasteiger partial charge >= 0.3 is 0 Å². The van der Waals surface area contributed by atoms with Crippen LogP contribution in [0.3, 0.4) is 0 Å². The Labute approximate surface area is 104 Å². The predicted molar refractivity (Wildman–Crippen MR) is 71.6 cm³/mol. The van der Waals surface area contributed by atoms with Crippen molar-refractivity contribution in [2.45, 2.75) is 46.6 Å². The molecular formula is C15H24FN. The molecule has 0 amide bonds. The van der Waals surface area contributed by atoms with Gasteiger partial charge in [0.05, 0.1) is 0 Å². The standard InChI is InChI=1S/C15H24FN/c1-14(2,3)17-11-15(4,5)10-12-8-6-7-9-13(12)16/h6-9,17H,10-11H2,1-5H3. The van der Waals surface area contributed by atoms with Gasteiger partial charge in [0.1, 0.15) is 5.82 Å². The Bertz CT molecular complexity index is 363. The number of rotatable bonds is 4. The molecule has 1 rings (SSSR count). The van der Waals surface area contributed by atoms with Crippen molar-refractivity contribution in [1.82, 2.24) is 5.32 Å². The monoisotopic (exact) mass is 237 g/mol. The molecule has 1 N–H and O–H groups in total. The normalized spacial score (nSPS) is 12.8. The Morgan fingerprint density at radius 3 is 2.18 bits per heavy atom. The van der Waals surface area contributed by atoms with E-state index in [2.05, 4.69) is 39.9 Å². The Morgan fingerprint density at radius 1 is 1.06 bits per heavy atom. The van der Waals surface area contributed by atoms with Crippen LogP contribution in [0, 0.1) is 11.2 Å². The molecule has 1 nitrogen and oxygen atoms in total. The molecule has 0 radical (unpaired) electrons. The molecule has 0 saturated heterocycles. The maximum absolute atomic E-state index is 13.6. The molecule has 1 aromatic carbocycles. The van der Waals surface area contributed by atoms with Crippen LogP contribution in [0.1, 0.15) is 40.2 Å². The van der Waals surface area contributed by atoms with Gasteiger partial charge in [-0.15, -0.1) is 0 Å². The van der Waals surface area contributed by atoms with Crippen LogP contribution < -0.4 is 5.32 Å². The van der Waals surface area contributed by atoms with Crippen LogP contribution in [0.25, 0.3) is 0 Å². The quantitative estimate of drug-likeness (QED) is 0.840. The number of benzene rings is 1. The average molecular weight is 237 g/mol. The van der Waals surface area contributed by atoms with Crippen LogP contribution >= 0.6 is 0 Å². The second kappa shape index (κ2) is 5.18. The highest BCUT2D eigenvalue weighted by molar-refractivity contribution is 5.18. The van der Waals surface area contributed by atoms with Crippen molar-refractivity contribution in [2.75, 3.05) is 6.54 Å². The van der Waals surface area contributed by atoms with E-state index in [0.717, 1.165) is 18.5 Å². The zero-order valence-electron chi connectivity index (χ0n) is 11.6. The molecule has 2 heteroatoms. The molecule has 17 heavy (non-hydrogen) atoms. The first kappa shape index (κ1) is 14.2.